The fourth-order valence-electron chi connectivity index (χ4n) is 6.76. The van der Waals surface area contributed by atoms with Crippen LogP contribution in [0.1, 0.15) is 65.4 Å². The molecule has 10 heteroatoms. The third-order valence-corrected chi connectivity index (χ3v) is 8.70. The van der Waals surface area contributed by atoms with Gasteiger partial charge in [-0.15, -0.1) is 0 Å². The van der Waals surface area contributed by atoms with Crippen molar-refractivity contribution in [1.82, 2.24) is 10.6 Å². The van der Waals surface area contributed by atoms with E-state index in [4.69, 9.17) is 11.6 Å². The molecule has 1 unspecified atom stereocenters. The van der Waals surface area contributed by atoms with E-state index in [0.29, 0.717) is 37.7 Å². The Labute approximate surface area is 238 Å². The maximum absolute atomic E-state index is 14.8. The summed E-state index contributed by atoms with van der Waals surface area (Å²) in [6.07, 6.45) is 7.30. The number of carbonyl (C=O) groups is 2. The van der Waals surface area contributed by atoms with E-state index in [1.54, 1.807) is 12.2 Å². The van der Waals surface area contributed by atoms with Crippen molar-refractivity contribution in [3.05, 3.63) is 52.6 Å². The van der Waals surface area contributed by atoms with Crippen LogP contribution in [0.3, 0.4) is 0 Å². The first-order valence-corrected chi connectivity index (χ1v) is 14.3. The van der Waals surface area contributed by atoms with Crippen molar-refractivity contribution in [1.29, 1.82) is 0 Å². The molecule has 1 saturated carbocycles. The van der Waals surface area contributed by atoms with E-state index in [1.165, 1.54) is 6.08 Å². The number of alkyl halides is 1. The number of anilines is 1. The molecule has 0 radical (unpaired) electrons. The zero-order valence-corrected chi connectivity index (χ0v) is 24.1. The minimum Gasteiger partial charge on any atom is -0.393 e. The summed E-state index contributed by atoms with van der Waals surface area (Å²) < 4.78 is 42.0. The molecule has 2 fully saturated rings. The molecule has 2 amide bonds. The van der Waals surface area contributed by atoms with Crippen LogP contribution < -0.4 is 16.0 Å². The van der Waals surface area contributed by atoms with Crippen LogP contribution in [-0.2, 0) is 15.0 Å². The normalized spacial score (nSPS) is 31.5. The number of aliphatic hydroxyl groups is 1. The van der Waals surface area contributed by atoms with Gasteiger partial charge in [0.1, 0.15) is 6.67 Å². The van der Waals surface area contributed by atoms with Gasteiger partial charge in [0.2, 0.25) is 11.8 Å². The van der Waals surface area contributed by atoms with Crippen LogP contribution in [0.15, 0.2) is 35.4 Å². The van der Waals surface area contributed by atoms with Crippen LogP contribution in [0, 0.1) is 28.9 Å². The smallest absolute Gasteiger partial charge is 0.237 e. The van der Waals surface area contributed by atoms with Crippen LogP contribution in [-0.4, -0.2) is 47.8 Å². The van der Waals surface area contributed by atoms with Crippen molar-refractivity contribution in [2.75, 3.05) is 12.0 Å². The molecule has 1 saturated heterocycles. The van der Waals surface area contributed by atoms with E-state index in [1.807, 2.05) is 27.7 Å². The molecule has 4 N–H and O–H groups in total. The van der Waals surface area contributed by atoms with E-state index < -0.39 is 53.6 Å². The number of aliphatic hydroxyl groups excluding tert-OH is 1. The summed E-state index contributed by atoms with van der Waals surface area (Å²) in [6, 6.07) is 0.529. The lowest BCUT2D eigenvalue weighted by molar-refractivity contribution is -0.126. The summed E-state index contributed by atoms with van der Waals surface area (Å²) in [5.74, 6) is -3.99. The van der Waals surface area contributed by atoms with Crippen molar-refractivity contribution >= 4 is 29.1 Å². The second-order valence-corrected chi connectivity index (χ2v) is 13.1. The average Bonchev–Trinajstić information content (AvgIpc) is 3.35. The summed E-state index contributed by atoms with van der Waals surface area (Å²) in [5, 5.41) is 19.2. The Hall–Kier alpha value is -2.36. The maximum atomic E-state index is 14.8. The lowest BCUT2D eigenvalue weighted by atomic mass is 9.61. The molecular weight excluding hydrogens is 543 g/mol. The van der Waals surface area contributed by atoms with E-state index in [-0.39, 0.29) is 34.2 Å². The third kappa shape index (κ3) is 5.97. The minimum atomic E-state index is -1.39. The van der Waals surface area contributed by atoms with Crippen LogP contribution in [0.2, 0.25) is 0 Å². The van der Waals surface area contributed by atoms with Crippen LogP contribution >= 0.6 is 11.6 Å². The highest BCUT2D eigenvalue weighted by molar-refractivity contribution is 6.29. The van der Waals surface area contributed by atoms with Crippen molar-refractivity contribution in [2.24, 2.45) is 17.3 Å². The van der Waals surface area contributed by atoms with Gasteiger partial charge >= 0.3 is 0 Å². The Kier molecular flexibility index (Phi) is 9.07. The molecule has 1 aromatic carbocycles. The molecule has 2 aliphatic heterocycles. The van der Waals surface area contributed by atoms with Crippen molar-refractivity contribution in [2.45, 2.75) is 89.4 Å². The lowest BCUT2D eigenvalue weighted by Gasteiger charge is -2.39. The number of halogens is 4. The largest absolute Gasteiger partial charge is 0.393 e. The van der Waals surface area contributed by atoms with Gasteiger partial charge in [0.25, 0.3) is 0 Å². The molecule has 5 atom stereocenters. The number of fused-ring (bicyclic) bond motifs is 2. The van der Waals surface area contributed by atoms with Crippen molar-refractivity contribution in [3.8, 4) is 0 Å². The number of allylic oxidation sites excluding steroid dienone is 4. The van der Waals surface area contributed by atoms with Gasteiger partial charge in [-0.05, 0) is 61.1 Å². The molecule has 6 nitrogen and oxygen atoms in total. The maximum Gasteiger partial charge on any atom is 0.237 e. The van der Waals surface area contributed by atoms with E-state index in [9.17, 15) is 27.9 Å². The molecule has 2 heterocycles. The van der Waals surface area contributed by atoms with Gasteiger partial charge in [0.15, 0.2) is 11.6 Å². The Bertz CT molecular complexity index is 1190. The number of amides is 2. The van der Waals surface area contributed by atoms with Crippen LogP contribution in [0.4, 0.5) is 18.9 Å². The first-order valence-electron chi connectivity index (χ1n) is 13.9. The van der Waals surface area contributed by atoms with E-state index >= 15 is 0 Å². The summed E-state index contributed by atoms with van der Waals surface area (Å²) in [6.45, 7) is 7.08. The standard InChI is InChI=1S/C30H39ClF3N3O3/c1-16(6-5-7-17(31)15-32)25-26(27(39)35-18-8-10-19(38)11-9-18)37-24(14-29(2,3)4)30(25)20-12-21(33)22(34)13-23(20)36-28(30)40/h5-7,12-13,16,18-19,24-26,37-38H,8-11,14-15H2,1-4H3,(H,35,39)(H,36,40)/b6-5-,17-7+/t16?,18-,19-,24-,25+,26-,30+/m1/s1. The predicted octanol–water partition coefficient (Wildman–Crippen LogP) is 5.25. The van der Waals surface area contributed by atoms with Gasteiger partial charge in [0, 0.05) is 34.8 Å². The van der Waals surface area contributed by atoms with Gasteiger partial charge in [0.05, 0.1) is 17.6 Å². The predicted molar refractivity (Wildman–Crippen MR) is 150 cm³/mol. The summed E-state index contributed by atoms with van der Waals surface area (Å²) >= 11 is 5.84. The zero-order chi connectivity index (χ0) is 29.4. The molecule has 220 valence electrons. The zero-order valence-electron chi connectivity index (χ0n) is 23.4. The molecule has 1 spiro atoms. The first kappa shape index (κ1) is 30.6. The highest BCUT2D eigenvalue weighted by Crippen LogP contribution is 2.55. The monoisotopic (exact) mass is 581 g/mol. The lowest BCUT2D eigenvalue weighted by Crippen LogP contribution is -2.52. The van der Waals surface area contributed by atoms with Gasteiger partial charge in [-0.2, -0.15) is 0 Å². The van der Waals surface area contributed by atoms with Gasteiger partial charge in [-0.3, -0.25) is 9.59 Å². The summed E-state index contributed by atoms with van der Waals surface area (Å²) in [5.41, 5.74) is -1.16. The molecule has 0 bridgehead atoms. The highest BCUT2D eigenvalue weighted by atomic mass is 35.5. The molecule has 0 aromatic heterocycles. The third-order valence-electron chi connectivity index (χ3n) is 8.47. The van der Waals surface area contributed by atoms with Crippen molar-refractivity contribution in [3.63, 3.8) is 0 Å². The Balaban J connectivity index is 1.83. The Morgan fingerprint density at radius 2 is 1.88 bits per heavy atom. The summed E-state index contributed by atoms with van der Waals surface area (Å²) in [4.78, 5) is 28.0. The van der Waals surface area contributed by atoms with E-state index in [2.05, 4.69) is 16.0 Å². The second kappa shape index (κ2) is 11.9. The molecule has 1 aliphatic carbocycles. The van der Waals surface area contributed by atoms with Crippen LogP contribution in [0.5, 0.6) is 0 Å². The number of benzene rings is 1. The average molecular weight is 582 g/mol. The minimum absolute atomic E-state index is 0.00333. The topological polar surface area (TPSA) is 90.5 Å². The number of hydrogen-bond donors (Lipinski definition) is 4. The van der Waals surface area contributed by atoms with Gasteiger partial charge in [-0.1, -0.05) is 51.4 Å². The molecular formula is C30H39ClF3N3O3. The van der Waals surface area contributed by atoms with Crippen LogP contribution in [0.25, 0.3) is 0 Å². The van der Waals surface area contributed by atoms with Gasteiger partial charge in [-0.25, -0.2) is 13.2 Å². The highest BCUT2D eigenvalue weighted by Gasteiger charge is 2.66. The Morgan fingerprint density at radius 3 is 2.50 bits per heavy atom. The number of rotatable bonds is 7. The number of nitrogens with one attached hydrogen (secondary N) is 3. The molecule has 3 aliphatic rings. The number of hydrogen-bond acceptors (Lipinski definition) is 4. The Morgan fingerprint density at radius 1 is 1.23 bits per heavy atom. The quantitative estimate of drug-likeness (QED) is 0.331. The van der Waals surface area contributed by atoms with Gasteiger partial charge < -0.3 is 21.1 Å². The fraction of sp³-hybridized carbons (Fsp3) is 0.600. The van der Waals surface area contributed by atoms with Crippen molar-refractivity contribution < 1.29 is 27.9 Å². The number of carbonyl (C=O) groups excluding carboxylic acids is 2. The molecule has 1 aromatic rings. The fourth-order valence-corrected chi connectivity index (χ4v) is 6.84. The molecule has 40 heavy (non-hydrogen) atoms. The second-order valence-electron chi connectivity index (χ2n) is 12.6. The first-order chi connectivity index (χ1) is 18.8. The SMILES string of the molecule is CC(/C=C\C=C(\Cl)CF)[C@H]1[C@H](C(=O)N[C@H]2CC[C@H](O)CC2)N[C@H](CC(C)(C)C)[C@]12C(=O)Nc1cc(F)c(F)cc12. The van der Waals surface area contributed by atoms with E-state index in [0.717, 1.165) is 12.1 Å². The molecule has 4 rings (SSSR count). The summed E-state index contributed by atoms with van der Waals surface area (Å²) in [7, 11) is 0.